The maximum atomic E-state index is 11.6. The average Bonchev–Trinajstić information content (AvgIpc) is 2.34. The number of nitrogens with zero attached hydrogens (tertiary/aromatic N) is 1. The molecule has 1 aromatic rings. The van der Waals surface area contributed by atoms with Crippen LogP contribution in [0.5, 0.6) is 5.75 Å². The van der Waals surface area contributed by atoms with Crippen molar-refractivity contribution in [1.82, 2.24) is 4.90 Å². The Morgan fingerprint density at radius 1 is 1.33 bits per heavy atom. The molecule has 98 valence electrons. The van der Waals surface area contributed by atoms with Crippen LogP contribution in [0.2, 0.25) is 5.02 Å². The third kappa shape index (κ3) is 5.05. The number of carbonyl (C=O) groups excluding carboxylic acids is 1. The van der Waals surface area contributed by atoms with Crippen molar-refractivity contribution in [1.29, 1.82) is 0 Å². The molecule has 1 N–H and O–H groups in total. The van der Waals surface area contributed by atoms with Crippen molar-refractivity contribution in [3.63, 3.8) is 0 Å². The third-order valence-corrected chi connectivity index (χ3v) is 2.51. The molecule has 0 saturated carbocycles. The minimum absolute atomic E-state index is 0.0802. The van der Waals surface area contributed by atoms with Crippen LogP contribution in [-0.2, 0) is 9.59 Å². The third-order valence-electron chi connectivity index (χ3n) is 2.26. The lowest BCUT2D eigenvalue weighted by atomic mass is 10.3. The molecule has 1 rings (SSSR count). The van der Waals surface area contributed by atoms with Gasteiger partial charge < -0.3 is 14.7 Å². The second-order valence-corrected chi connectivity index (χ2v) is 4.14. The quantitative estimate of drug-likeness (QED) is 0.854. The molecule has 0 fully saturated rings. The lowest BCUT2D eigenvalue weighted by molar-refractivity contribution is -0.138. The van der Waals surface area contributed by atoms with Gasteiger partial charge in [-0.15, -0.1) is 0 Å². The number of amides is 1. The summed E-state index contributed by atoms with van der Waals surface area (Å²) < 4.78 is 5.25. The van der Waals surface area contributed by atoms with Crippen LogP contribution >= 0.6 is 11.6 Å². The van der Waals surface area contributed by atoms with Gasteiger partial charge in [-0.3, -0.25) is 9.59 Å². The first-order valence-electron chi connectivity index (χ1n) is 5.33. The summed E-state index contributed by atoms with van der Waals surface area (Å²) in [5.41, 5.74) is 0. The minimum Gasteiger partial charge on any atom is -0.484 e. The Morgan fingerprint density at radius 2 is 1.94 bits per heavy atom. The Hall–Kier alpha value is -1.75. The highest BCUT2D eigenvalue weighted by Crippen LogP contribution is 2.15. The first-order chi connectivity index (χ1) is 8.49. The number of carboxylic acid groups (broad SMARTS) is 1. The standard InChI is InChI=1S/C12H14ClNO4/c1-14(7-6-12(16)17)11(15)8-18-10-4-2-9(13)3-5-10/h2-5H,6-8H2,1H3,(H,16,17). The van der Waals surface area contributed by atoms with Crippen LogP contribution in [0.1, 0.15) is 6.42 Å². The number of halogens is 1. The Labute approximate surface area is 110 Å². The van der Waals surface area contributed by atoms with E-state index in [1.165, 1.54) is 11.9 Å². The number of rotatable bonds is 6. The van der Waals surface area contributed by atoms with E-state index in [-0.39, 0.29) is 25.5 Å². The normalized spacial score (nSPS) is 9.89. The van der Waals surface area contributed by atoms with Crippen molar-refractivity contribution in [2.75, 3.05) is 20.2 Å². The van der Waals surface area contributed by atoms with Crippen LogP contribution in [0.25, 0.3) is 0 Å². The highest BCUT2D eigenvalue weighted by atomic mass is 35.5. The van der Waals surface area contributed by atoms with E-state index in [9.17, 15) is 9.59 Å². The second kappa shape index (κ2) is 6.86. The van der Waals surface area contributed by atoms with Crippen LogP contribution in [0.4, 0.5) is 0 Å². The van der Waals surface area contributed by atoms with Crippen LogP contribution in [-0.4, -0.2) is 42.1 Å². The van der Waals surface area contributed by atoms with E-state index in [0.717, 1.165) is 0 Å². The predicted molar refractivity (Wildman–Crippen MR) is 66.8 cm³/mol. The summed E-state index contributed by atoms with van der Waals surface area (Å²) >= 11 is 5.71. The van der Waals surface area contributed by atoms with Gasteiger partial charge in [0.2, 0.25) is 0 Å². The number of hydrogen-bond donors (Lipinski definition) is 1. The number of ether oxygens (including phenoxy) is 1. The van der Waals surface area contributed by atoms with Gasteiger partial charge in [-0.25, -0.2) is 0 Å². The Kier molecular flexibility index (Phi) is 5.45. The molecule has 0 aromatic heterocycles. The van der Waals surface area contributed by atoms with E-state index >= 15 is 0 Å². The Morgan fingerprint density at radius 3 is 2.50 bits per heavy atom. The van der Waals surface area contributed by atoms with Gasteiger partial charge in [0.15, 0.2) is 6.61 Å². The zero-order valence-corrected chi connectivity index (χ0v) is 10.7. The lowest BCUT2D eigenvalue weighted by Gasteiger charge is -2.16. The number of benzene rings is 1. The first kappa shape index (κ1) is 14.3. The van der Waals surface area contributed by atoms with Gasteiger partial charge >= 0.3 is 5.97 Å². The van der Waals surface area contributed by atoms with E-state index in [2.05, 4.69) is 0 Å². The van der Waals surface area contributed by atoms with E-state index < -0.39 is 5.97 Å². The summed E-state index contributed by atoms with van der Waals surface area (Å²) in [6.45, 7) is 0.0376. The summed E-state index contributed by atoms with van der Waals surface area (Å²) in [6.07, 6.45) is -0.0802. The molecule has 0 aliphatic carbocycles. The monoisotopic (exact) mass is 271 g/mol. The van der Waals surface area contributed by atoms with Gasteiger partial charge in [0.1, 0.15) is 5.75 Å². The number of hydrogen-bond acceptors (Lipinski definition) is 3. The molecule has 0 unspecified atom stereocenters. The molecule has 0 radical (unpaired) electrons. The van der Waals surface area contributed by atoms with Crippen molar-refractivity contribution in [2.45, 2.75) is 6.42 Å². The SMILES string of the molecule is CN(CCC(=O)O)C(=O)COc1ccc(Cl)cc1. The van der Waals surface area contributed by atoms with Crippen LogP contribution < -0.4 is 4.74 Å². The molecule has 5 nitrogen and oxygen atoms in total. The van der Waals surface area contributed by atoms with Crippen molar-refractivity contribution in [3.05, 3.63) is 29.3 Å². The molecule has 0 atom stereocenters. The largest absolute Gasteiger partial charge is 0.484 e. The van der Waals surface area contributed by atoms with Gasteiger partial charge in [0.05, 0.1) is 6.42 Å². The highest BCUT2D eigenvalue weighted by molar-refractivity contribution is 6.30. The summed E-state index contributed by atoms with van der Waals surface area (Å²) in [7, 11) is 1.54. The molecule has 0 spiro atoms. The van der Waals surface area contributed by atoms with E-state index in [4.69, 9.17) is 21.4 Å². The molecule has 0 bridgehead atoms. The van der Waals surface area contributed by atoms with Crippen molar-refractivity contribution < 1.29 is 19.4 Å². The zero-order valence-electron chi connectivity index (χ0n) is 9.93. The van der Waals surface area contributed by atoms with Crippen LogP contribution in [0, 0.1) is 0 Å². The molecule has 0 aliphatic heterocycles. The van der Waals surface area contributed by atoms with Gasteiger partial charge in [0.25, 0.3) is 5.91 Å². The molecular weight excluding hydrogens is 258 g/mol. The van der Waals surface area contributed by atoms with Crippen molar-refractivity contribution in [3.8, 4) is 5.75 Å². The van der Waals surface area contributed by atoms with Gasteiger partial charge in [-0.1, -0.05) is 11.6 Å². The molecule has 18 heavy (non-hydrogen) atoms. The topological polar surface area (TPSA) is 66.8 Å². The average molecular weight is 272 g/mol. The predicted octanol–water partition coefficient (Wildman–Crippen LogP) is 1.65. The molecule has 1 aromatic carbocycles. The van der Waals surface area contributed by atoms with Gasteiger partial charge in [-0.2, -0.15) is 0 Å². The minimum atomic E-state index is -0.937. The van der Waals surface area contributed by atoms with E-state index in [1.807, 2.05) is 0 Å². The lowest BCUT2D eigenvalue weighted by Crippen LogP contribution is -2.33. The molecule has 1 amide bonds. The highest BCUT2D eigenvalue weighted by Gasteiger charge is 2.10. The van der Waals surface area contributed by atoms with Crippen molar-refractivity contribution >= 4 is 23.5 Å². The van der Waals surface area contributed by atoms with Crippen LogP contribution in [0.3, 0.4) is 0 Å². The number of aliphatic carboxylic acids is 1. The summed E-state index contributed by atoms with van der Waals surface area (Å²) in [4.78, 5) is 23.3. The summed E-state index contributed by atoms with van der Waals surface area (Å²) in [6, 6.07) is 6.64. The fourth-order valence-corrected chi connectivity index (χ4v) is 1.30. The first-order valence-corrected chi connectivity index (χ1v) is 5.71. The number of likely N-dealkylation sites (N-methyl/N-ethyl adjacent to an activating group) is 1. The molecular formula is C12H14ClNO4. The number of carbonyl (C=O) groups is 2. The van der Waals surface area contributed by atoms with Crippen LogP contribution in [0.15, 0.2) is 24.3 Å². The Bertz CT molecular complexity index is 419. The fraction of sp³-hybridized carbons (Fsp3) is 0.333. The summed E-state index contributed by atoms with van der Waals surface area (Å²) in [5.74, 6) is -0.668. The molecule has 0 heterocycles. The maximum absolute atomic E-state index is 11.6. The molecule has 6 heteroatoms. The molecule has 0 saturated heterocycles. The van der Waals surface area contributed by atoms with Gasteiger partial charge in [-0.05, 0) is 24.3 Å². The van der Waals surface area contributed by atoms with Gasteiger partial charge in [0, 0.05) is 18.6 Å². The fourth-order valence-electron chi connectivity index (χ4n) is 1.17. The van der Waals surface area contributed by atoms with E-state index in [1.54, 1.807) is 24.3 Å². The zero-order chi connectivity index (χ0) is 13.5. The smallest absolute Gasteiger partial charge is 0.305 e. The Balaban J connectivity index is 2.36. The number of carboxylic acids is 1. The maximum Gasteiger partial charge on any atom is 0.305 e. The summed E-state index contributed by atoms with van der Waals surface area (Å²) in [5, 5.41) is 9.09. The molecule has 0 aliphatic rings. The van der Waals surface area contributed by atoms with E-state index in [0.29, 0.717) is 10.8 Å². The second-order valence-electron chi connectivity index (χ2n) is 3.70. The van der Waals surface area contributed by atoms with Crippen molar-refractivity contribution in [2.24, 2.45) is 0 Å².